The third-order valence-corrected chi connectivity index (χ3v) is 6.98. The first kappa shape index (κ1) is 20.4. The molecule has 0 bridgehead atoms. The molecule has 0 saturated carbocycles. The minimum atomic E-state index is -3.56. The molecule has 0 radical (unpaired) electrons. The smallest absolute Gasteiger partial charge is 0.243 e. The standard InChI is InChI=1S/C20H26N2O5S/c1-15-4-5-18(27-15)14-21(2)20(23)16-10-12-22(13-11-16)28(24,25)19-8-6-17(26-3)7-9-19/h4-9,16H,10-14H2,1-3H3. The van der Waals surface area contributed by atoms with Crippen LogP contribution in [0.1, 0.15) is 24.4 Å². The van der Waals surface area contributed by atoms with Crippen LogP contribution in [0.3, 0.4) is 0 Å². The topological polar surface area (TPSA) is 80.1 Å². The van der Waals surface area contributed by atoms with Crippen molar-refractivity contribution in [2.75, 3.05) is 27.2 Å². The molecule has 1 aliphatic heterocycles. The van der Waals surface area contributed by atoms with Crippen molar-refractivity contribution in [1.82, 2.24) is 9.21 Å². The number of nitrogens with zero attached hydrogens (tertiary/aromatic N) is 2. The van der Waals surface area contributed by atoms with Crippen molar-refractivity contribution in [2.45, 2.75) is 31.2 Å². The number of sulfonamides is 1. The Hall–Kier alpha value is -2.32. The van der Waals surface area contributed by atoms with E-state index < -0.39 is 10.0 Å². The largest absolute Gasteiger partial charge is 0.497 e. The van der Waals surface area contributed by atoms with E-state index in [0.29, 0.717) is 38.2 Å². The SMILES string of the molecule is COc1ccc(S(=O)(=O)N2CCC(C(=O)N(C)Cc3ccc(C)o3)CC2)cc1. The van der Waals surface area contributed by atoms with Crippen LogP contribution in [0.4, 0.5) is 0 Å². The van der Waals surface area contributed by atoms with Crippen molar-refractivity contribution < 1.29 is 22.4 Å². The van der Waals surface area contributed by atoms with Gasteiger partial charge in [-0.1, -0.05) is 0 Å². The molecule has 1 saturated heterocycles. The van der Waals surface area contributed by atoms with Gasteiger partial charge in [-0.15, -0.1) is 0 Å². The molecule has 0 atom stereocenters. The lowest BCUT2D eigenvalue weighted by atomic mass is 9.96. The lowest BCUT2D eigenvalue weighted by molar-refractivity contribution is -0.136. The predicted octanol–water partition coefficient (Wildman–Crippen LogP) is 2.66. The molecular weight excluding hydrogens is 380 g/mol. The molecule has 152 valence electrons. The number of carbonyl (C=O) groups is 1. The second-order valence-electron chi connectivity index (χ2n) is 7.06. The van der Waals surface area contributed by atoms with Crippen molar-refractivity contribution in [1.29, 1.82) is 0 Å². The van der Waals surface area contributed by atoms with E-state index in [9.17, 15) is 13.2 Å². The average Bonchev–Trinajstić information content (AvgIpc) is 3.12. The molecule has 3 rings (SSSR count). The summed E-state index contributed by atoms with van der Waals surface area (Å²) in [4.78, 5) is 14.6. The maximum absolute atomic E-state index is 12.8. The van der Waals surface area contributed by atoms with Gasteiger partial charge in [0, 0.05) is 26.1 Å². The van der Waals surface area contributed by atoms with Gasteiger partial charge < -0.3 is 14.1 Å². The number of furan rings is 1. The van der Waals surface area contributed by atoms with Gasteiger partial charge in [-0.25, -0.2) is 8.42 Å². The van der Waals surface area contributed by atoms with Crippen LogP contribution in [-0.4, -0.2) is 50.8 Å². The quantitative estimate of drug-likeness (QED) is 0.737. The van der Waals surface area contributed by atoms with Crippen molar-refractivity contribution >= 4 is 15.9 Å². The molecule has 0 unspecified atom stereocenters. The van der Waals surface area contributed by atoms with Crippen LogP contribution in [0, 0.1) is 12.8 Å². The van der Waals surface area contributed by atoms with Crippen LogP contribution in [0.25, 0.3) is 0 Å². The Kier molecular flexibility index (Phi) is 6.10. The Labute approximate surface area is 165 Å². The van der Waals surface area contributed by atoms with Crippen LogP contribution in [0.2, 0.25) is 0 Å². The molecule has 28 heavy (non-hydrogen) atoms. The molecule has 0 aliphatic carbocycles. The molecule has 1 aliphatic rings. The van der Waals surface area contributed by atoms with Gasteiger partial charge in [-0.05, 0) is 56.2 Å². The molecule has 1 aromatic heterocycles. The van der Waals surface area contributed by atoms with Gasteiger partial charge in [0.25, 0.3) is 0 Å². The van der Waals surface area contributed by atoms with Gasteiger partial charge >= 0.3 is 0 Å². The number of ether oxygens (including phenoxy) is 1. The normalized spacial score (nSPS) is 16.1. The van der Waals surface area contributed by atoms with Crippen LogP contribution < -0.4 is 4.74 Å². The molecular formula is C20H26N2O5S. The average molecular weight is 407 g/mol. The first-order valence-electron chi connectivity index (χ1n) is 9.26. The molecule has 1 aromatic carbocycles. The van der Waals surface area contributed by atoms with E-state index >= 15 is 0 Å². The minimum absolute atomic E-state index is 0.0237. The summed E-state index contributed by atoms with van der Waals surface area (Å²) in [6, 6.07) is 10.1. The zero-order valence-corrected chi connectivity index (χ0v) is 17.2. The summed E-state index contributed by atoms with van der Waals surface area (Å²) in [5.74, 6) is 2.01. The van der Waals surface area contributed by atoms with Gasteiger partial charge in [-0.2, -0.15) is 4.31 Å². The number of rotatable bonds is 6. The van der Waals surface area contributed by atoms with E-state index in [1.54, 1.807) is 36.2 Å². The summed E-state index contributed by atoms with van der Waals surface area (Å²) in [6.45, 7) is 2.94. The summed E-state index contributed by atoms with van der Waals surface area (Å²) in [5.41, 5.74) is 0. The highest BCUT2D eigenvalue weighted by molar-refractivity contribution is 7.89. The molecule has 2 aromatic rings. The van der Waals surface area contributed by atoms with Gasteiger partial charge in [-0.3, -0.25) is 4.79 Å². The van der Waals surface area contributed by atoms with Gasteiger partial charge in [0.15, 0.2) is 0 Å². The monoisotopic (exact) mass is 406 g/mol. The molecule has 8 heteroatoms. The highest BCUT2D eigenvalue weighted by atomic mass is 32.2. The summed E-state index contributed by atoms with van der Waals surface area (Å²) in [7, 11) is -0.277. The van der Waals surface area contributed by atoms with E-state index in [2.05, 4.69) is 0 Å². The van der Waals surface area contributed by atoms with E-state index in [4.69, 9.17) is 9.15 Å². The molecule has 0 N–H and O–H groups in total. The van der Waals surface area contributed by atoms with E-state index in [0.717, 1.165) is 11.5 Å². The Morgan fingerprint density at radius 1 is 1.18 bits per heavy atom. The number of aryl methyl sites for hydroxylation is 1. The van der Waals surface area contributed by atoms with Gasteiger partial charge in [0.2, 0.25) is 15.9 Å². The number of methoxy groups -OCH3 is 1. The Morgan fingerprint density at radius 2 is 1.82 bits per heavy atom. The van der Waals surface area contributed by atoms with Crippen LogP contribution in [0.5, 0.6) is 5.75 Å². The summed E-state index contributed by atoms with van der Waals surface area (Å²) < 4.78 is 37.7. The second kappa shape index (κ2) is 8.36. The molecule has 0 spiro atoms. The van der Waals surface area contributed by atoms with E-state index in [-0.39, 0.29) is 16.7 Å². The number of hydrogen-bond acceptors (Lipinski definition) is 5. The highest BCUT2D eigenvalue weighted by Crippen LogP contribution is 2.26. The predicted molar refractivity (Wildman–Crippen MR) is 104 cm³/mol. The fourth-order valence-electron chi connectivity index (χ4n) is 3.43. The summed E-state index contributed by atoms with van der Waals surface area (Å²) in [6.07, 6.45) is 1.02. The Morgan fingerprint density at radius 3 is 2.36 bits per heavy atom. The fraction of sp³-hybridized carbons (Fsp3) is 0.450. The maximum Gasteiger partial charge on any atom is 0.243 e. The highest BCUT2D eigenvalue weighted by Gasteiger charge is 2.33. The summed E-state index contributed by atoms with van der Waals surface area (Å²) >= 11 is 0. The lowest BCUT2D eigenvalue weighted by Crippen LogP contribution is -2.43. The zero-order valence-electron chi connectivity index (χ0n) is 16.4. The second-order valence-corrected chi connectivity index (χ2v) is 9.00. The third-order valence-electron chi connectivity index (χ3n) is 5.07. The first-order chi connectivity index (χ1) is 13.3. The molecule has 7 nitrogen and oxygen atoms in total. The van der Waals surface area contributed by atoms with E-state index in [1.165, 1.54) is 11.4 Å². The lowest BCUT2D eigenvalue weighted by Gasteiger charge is -2.32. The van der Waals surface area contributed by atoms with Crippen molar-refractivity contribution in [3.63, 3.8) is 0 Å². The maximum atomic E-state index is 12.8. The molecule has 1 amide bonds. The number of hydrogen-bond donors (Lipinski definition) is 0. The van der Waals surface area contributed by atoms with Crippen LogP contribution in [-0.2, 0) is 21.4 Å². The van der Waals surface area contributed by atoms with Crippen LogP contribution in [0.15, 0.2) is 45.7 Å². The Bertz CT molecular complexity index is 912. The zero-order chi connectivity index (χ0) is 20.3. The van der Waals surface area contributed by atoms with Crippen molar-refractivity contribution in [3.05, 3.63) is 47.9 Å². The summed E-state index contributed by atoms with van der Waals surface area (Å²) in [5, 5.41) is 0. The number of benzene rings is 1. The minimum Gasteiger partial charge on any atom is -0.497 e. The van der Waals surface area contributed by atoms with Crippen molar-refractivity contribution in [2.24, 2.45) is 5.92 Å². The first-order valence-corrected chi connectivity index (χ1v) is 10.7. The van der Waals surface area contributed by atoms with Crippen molar-refractivity contribution in [3.8, 4) is 5.75 Å². The number of amides is 1. The van der Waals surface area contributed by atoms with Gasteiger partial charge in [0.1, 0.15) is 17.3 Å². The Balaban J connectivity index is 1.59. The third kappa shape index (κ3) is 4.39. The fourth-order valence-corrected chi connectivity index (χ4v) is 4.90. The van der Waals surface area contributed by atoms with Gasteiger partial charge in [0.05, 0.1) is 18.6 Å². The number of piperidine rings is 1. The number of carbonyl (C=O) groups excluding carboxylic acids is 1. The molecule has 2 heterocycles. The van der Waals surface area contributed by atoms with Crippen LogP contribution >= 0.6 is 0 Å². The molecule has 1 fully saturated rings. The van der Waals surface area contributed by atoms with E-state index in [1.807, 2.05) is 19.1 Å².